The van der Waals surface area contributed by atoms with Crippen molar-refractivity contribution in [2.75, 3.05) is 13.2 Å². The number of benzene rings is 2. The lowest BCUT2D eigenvalue weighted by molar-refractivity contribution is 0.0724. The minimum atomic E-state index is -0.477. The van der Waals surface area contributed by atoms with Gasteiger partial charge in [-0.2, -0.15) is 0 Å². The molecule has 0 saturated carbocycles. The van der Waals surface area contributed by atoms with Crippen LogP contribution in [-0.2, 0) is 0 Å². The van der Waals surface area contributed by atoms with Crippen LogP contribution >= 0.6 is 0 Å². The van der Waals surface area contributed by atoms with Crippen molar-refractivity contribution >= 4 is 16.9 Å². The molecule has 0 bridgehead atoms. The van der Waals surface area contributed by atoms with Gasteiger partial charge < -0.3 is 14.1 Å². The highest BCUT2D eigenvalue weighted by Gasteiger charge is 2.42. The monoisotopic (exact) mass is 461 g/mol. The van der Waals surface area contributed by atoms with Crippen molar-refractivity contribution in [2.45, 2.75) is 66.3 Å². The van der Waals surface area contributed by atoms with E-state index in [1.165, 1.54) is 0 Å². The molecule has 0 aliphatic carbocycles. The summed E-state index contributed by atoms with van der Waals surface area (Å²) in [6.45, 7) is 11.6. The van der Waals surface area contributed by atoms with Crippen molar-refractivity contribution in [3.63, 3.8) is 0 Å². The Labute approximate surface area is 201 Å². The minimum absolute atomic E-state index is 0.115. The zero-order chi connectivity index (χ0) is 24.4. The second-order valence-electron chi connectivity index (χ2n) is 9.84. The number of rotatable bonds is 9. The molecule has 0 N–H and O–H groups in total. The van der Waals surface area contributed by atoms with Crippen LogP contribution < -0.4 is 10.2 Å². The first-order chi connectivity index (χ1) is 16.3. The van der Waals surface area contributed by atoms with Gasteiger partial charge in [-0.3, -0.25) is 9.59 Å². The quantitative estimate of drug-likeness (QED) is 0.338. The van der Waals surface area contributed by atoms with E-state index in [1.54, 1.807) is 4.90 Å². The van der Waals surface area contributed by atoms with Crippen LogP contribution in [0.25, 0.3) is 11.0 Å². The average Bonchev–Trinajstić information content (AvgIpc) is 3.05. The molecule has 5 nitrogen and oxygen atoms in total. The van der Waals surface area contributed by atoms with Crippen molar-refractivity contribution in [1.82, 2.24) is 4.90 Å². The molecule has 180 valence electrons. The SMILES string of the molecule is CCCCCN1C(=O)c2oc3cc(C)cc(C)c3c(=O)c2C1c1cccc(OCCC(C)C)c1. The molecular formula is C29H35NO4. The third-order valence-corrected chi connectivity index (χ3v) is 6.55. The van der Waals surface area contributed by atoms with Gasteiger partial charge in [0.2, 0.25) is 5.76 Å². The van der Waals surface area contributed by atoms with Crippen molar-refractivity contribution in [1.29, 1.82) is 0 Å². The number of carbonyl (C=O) groups is 1. The molecule has 1 amide bonds. The number of hydrogen-bond donors (Lipinski definition) is 0. The summed E-state index contributed by atoms with van der Waals surface area (Å²) in [7, 11) is 0. The van der Waals surface area contributed by atoms with Gasteiger partial charge in [-0.25, -0.2) is 0 Å². The van der Waals surface area contributed by atoms with Crippen molar-refractivity contribution in [2.24, 2.45) is 5.92 Å². The highest BCUT2D eigenvalue weighted by Crippen LogP contribution is 2.39. The molecule has 1 unspecified atom stereocenters. The lowest BCUT2D eigenvalue weighted by Crippen LogP contribution is -2.30. The van der Waals surface area contributed by atoms with Crippen molar-refractivity contribution in [3.8, 4) is 5.75 Å². The Kier molecular flexibility index (Phi) is 7.11. The fourth-order valence-corrected chi connectivity index (χ4v) is 4.81. The predicted octanol–water partition coefficient (Wildman–Crippen LogP) is 6.57. The van der Waals surface area contributed by atoms with Crippen LogP contribution in [-0.4, -0.2) is 24.0 Å². The van der Waals surface area contributed by atoms with E-state index in [9.17, 15) is 9.59 Å². The van der Waals surface area contributed by atoms with Gasteiger partial charge in [-0.1, -0.05) is 51.8 Å². The Balaban J connectivity index is 1.83. The molecule has 4 rings (SSSR count). The number of ether oxygens (including phenoxy) is 1. The fourth-order valence-electron chi connectivity index (χ4n) is 4.81. The summed E-state index contributed by atoms with van der Waals surface area (Å²) in [5.41, 5.74) is 3.56. The number of nitrogens with zero attached hydrogens (tertiary/aromatic N) is 1. The van der Waals surface area contributed by atoms with Gasteiger partial charge in [0.05, 0.1) is 23.6 Å². The van der Waals surface area contributed by atoms with E-state index >= 15 is 0 Å². The zero-order valence-electron chi connectivity index (χ0n) is 20.9. The first kappa shape index (κ1) is 24.1. The van der Waals surface area contributed by atoms with E-state index < -0.39 is 6.04 Å². The summed E-state index contributed by atoms with van der Waals surface area (Å²) in [5, 5.41) is 0.557. The fraction of sp³-hybridized carbons (Fsp3) is 0.448. The summed E-state index contributed by atoms with van der Waals surface area (Å²) < 4.78 is 12.1. The summed E-state index contributed by atoms with van der Waals surface area (Å²) >= 11 is 0. The average molecular weight is 462 g/mol. The number of carbonyl (C=O) groups excluding carboxylic acids is 1. The highest BCUT2D eigenvalue weighted by atomic mass is 16.5. The molecule has 1 aromatic heterocycles. The minimum Gasteiger partial charge on any atom is -0.494 e. The van der Waals surface area contributed by atoms with Crippen LogP contribution in [0.15, 0.2) is 45.6 Å². The van der Waals surface area contributed by atoms with Crippen LogP contribution in [0.1, 0.15) is 85.3 Å². The van der Waals surface area contributed by atoms with E-state index in [2.05, 4.69) is 20.8 Å². The number of aryl methyl sites for hydroxylation is 2. The maximum absolute atomic E-state index is 13.8. The zero-order valence-corrected chi connectivity index (χ0v) is 20.9. The predicted molar refractivity (Wildman–Crippen MR) is 136 cm³/mol. The maximum Gasteiger partial charge on any atom is 0.290 e. The lowest BCUT2D eigenvalue weighted by Gasteiger charge is -2.25. The van der Waals surface area contributed by atoms with Crippen LogP contribution in [0.5, 0.6) is 5.75 Å². The summed E-state index contributed by atoms with van der Waals surface area (Å²) in [6.07, 6.45) is 3.92. The number of unbranched alkanes of at least 4 members (excludes halogenated alkanes) is 2. The lowest BCUT2D eigenvalue weighted by atomic mass is 9.96. The van der Waals surface area contributed by atoms with Gasteiger partial charge in [0.15, 0.2) is 5.43 Å². The third-order valence-electron chi connectivity index (χ3n) is 6.55. The molecule has 5 heteroatoms. The van der Waals surface area contributed by atoms with E-state index in [-0.39, 0.29) is 17.1 Å². The summed E-state index contributed by atoms with van der Waals surface area (Å²) in [5.74, 6) is 1.28. The Bertz CT molecular complexity index is 1260. The molecular weight excluding hydrogens is 426 g/mol. The van der Waals surface area contributed by atoms with Crippen LogP contribution in [0.2, 0.25) is 0 Å². The summed E-state index contributed by atoms with van der Waals surface area (Å²) in [6, 6.07) is 11.2. The van der Waals surface area contributed by atoms with Gasteiger partial charge in [0.1, 0.15) is 11.3 Å². The van der Waals surface area contributed by atoms with E-state index in [0.717, 1.165) is 48.1 Å². The van der Waals surface area contributed by atoms with Crippen LogP contribution in [0.4, 0.5) is 0 Å². The smallest absolute Gasteiger partial charge is 0.290 e. The topological polar surface area (TPSA) is 59.8 Å². The Morgan fingerprint density at radius 1 is 1.09 bits per heavy atom. The summed E-state index contributed by atoms with van der Waals surface area (Å²) in [4.78, 5) is 29.2. The van der Waals surface area contributed by atoms with E-state index in [4.69, 9.17) is 9.15 Å². The normalized spacial score (nSPS) is 15.4. The highest BCUT2D eigenvalue weighted by molar-refractivity contribution is 5.99. The van der Waals surface area contributed by atoms with E-state index in [0.29, 0.717) is 35.6 Å². The molecule has 3 aromatic rings. The Morgan fingerprint density at radius 2 is 1.88 bits per heavy atom. The molecule has 34 heavy (non-hydrogen) atoms. The van der Waals surface area contributed by atoms with Gasteiger partial charge in [-0.15, -0.1) is 0 Å². The second kappa shape index (κ2) is 10.0. The van der Waals surface area contributed by atoms with Gasteiger partial charge >= 0.3 is 0 Å². The molecule has 1 aliphatic heterocycles. The molecule has 2 aromatic carbocycles. The Morgan fingerprint density at radius 3 is 2.62 bits per heavy atom. The standard InChI is InChI=1S/C29H35NO4/c1-6-7-8-13-30-26(21-10-9-11-22(17-21)33-14-12-18(2)3)25-27(31)24-20(5)15-19(4)16-23(24)34-28(25)29(30)32/h9-11,15-18,26H,6-8,12-14H2,1-5H3. The second-order valence-corrected chi connectivity index (χ2v) is 9.84. The molecule has 2 heterocycles. The molecule has 0 fully saturated rings. The molecule has 1 atom stereocenters. The molecule has 0 radical (unpaired) electrons. The molecule has 1 aliphatic rings. The van der Waals surface area contributed by atoms with Crippen LogP contribution in [0.3, 0.4) is 0 Å². The first-order valence-corrected chi connectivity index (χ1v) is 12.4. The number of hydrogen-bond acceptors (Lipinski definition) is 4. The number of fused-ring (bicyclic) bond motifs is 2. The van der Waals surface area contributed by atoms with E-state index in [1.807, 2.05) is 50.2 Å². The molecule has 0 spiro atoms. The van der Waals surface area contributed by atoms with Crippen molar-refractivity contribution < 1.29 is 13.9 Å². The van der Waals surface area contributed by atoms with Crippen LogP contribution in [0, 0.1) is 19.8 Å². The maximum atomic E-state index is 13.8. The van der Waals surface area contributed by atoms with Crippen molar-refractivity contribution in [3.05, 3.63) is 74.6 Å². The van der Waals surface area contributed by atoms with Gasteiger partial charge in [0.25, 0.3) is 5.91 Å². The third kappa shape index (κ3) is 4.61. The van der Waals surface area contributed by atoms with Gasteiger partial charge in [0, 0.05) is 6.54 Å². The first-order valence-electron chi connectivity index (χ1n) is 12.4. The number of amides is 1. The largest absolute Gasteiger partial charge is 0.494 e. The molecule has 0 saturated heterocycles. The Hall–Kier alpha value is -3.08. The van der Waals surface area contributed by atoms with Gasteiger partial charge in [-0.05, 0) is 67.5 Å².